The van der Waals surface area contributed by atoms with E-state index in [9.17, 15) is 0 Å². The molecule has 4 heterocycles. The van der Waals surface area contributed by atoms with Gasteiger partial charge in [0, 0.05) is 50.4 Å². The Morgan fingerprint density at radius 2 is 1.87 bits per heavy atom. The number of pyridine rings is 1. The third kappa shape index (κ3) is 5.14. The predicted octanol–water partition coefficient (Wildman–Crippen LogP) is 3.77. The van der Waals surface area contributed by atoms with E-state index in [2.05, 4.69) is 19.3 Å². The minimum Gasteiger partial charge on any atom is -0.475 e. The largest absolute Gasteiger partial charge is 0.475 e. The van der Waals surface area contributed by atoms with Crippen LogP contribution in [0.5, 0.6) is 5.88 Å². The molecule has 0 N–H and O–H groups in total. The van der Waals surface area contributed by atoms with E-state index in [4.69, 9.17) is 19.2 Å². The van der Waals surface area contributed by atoms with Gasteiger partial charge in [0.15, 0.2) is 11.5 Å². The second kappa shape index (κ2) is 10.1. The molecule has 1 aliphatic heterocycles. The number of ether oxygens (including phenoxy) is 3. The summed E-state index contributed by atoms with van der Waals surface area (Å²) in [6, 6.07) is 3.89. The molecule has 0 amide bonds. The molecule has 8 heteroatoms. The van der Waals surface area contributed by atoms with E-state index in [0.717, 1.165) is 41.5 Å². The Morgan fingerprint density at radius 1 is 1.13 bits per heavy atom. The molecular formula is C23H33N5O3. The maximum absolute atomic E-state index is 5.76. The van der Waals surface area contributed by atoms with Gasteiger partial charge in [0.25, 0.3) is 0 Å². The second-order valence-corrected chi connectivity index (χ2v) is 7.73. The minimum atomic E-state index is -0.360. The first-order chi connectivity index (χ1) is 15.0. The third-order valence-electron chi connectivity index (χ3n) is 5.14. The quantitative estimate of drug-likeness (QED) is 0.593. The summed E-state index contributed by atoms with van der Waals surface area (Å²) in [5.41, 5.74) is 3.41. The fourth-order valence-corrected chi connectivity index (χ4v) is 3.34. The Balaban J connectivity index is 0.00000132. The van der Waals surface area contributed by atoms with Gasteiger partial charge in [0.2, 0.25) is 5.88 Å². The summed E-state index contributed by atoms with van der Waals surface area (Å²) in [7, 11) is 1.67. The van der Waals surface area contributed by atoms with Crippen molar-refractivity contribution in [1.82, 2.24) is 19.4 Å². The van der Waals surface area contributed by atoms with Gasteiger partial charge in [-0.05, 0) is 26.8 Å². The summed E-state index contributed by atoms with van der Waals surface area (Å²) >= 11 is 0. The number of rotatable bonds is 6. The van der Waals surface area contributed by atoms with E-state index in [1.165, 1.54) is 0 Å². The number of aromatic nitrogens is 4. The third-order valence-corrected chi connectivity index (χ3v) is 5.14. The van der Waals surface area contributed by atoms with Gasteiger partial charge >= 0.3 is 0 Å². The lowest BCUT2D eigenvalue weighted by Crippen LogP contribution is -2.37. The predicted molar refractivity (Wildman–Crippen MR) is 122 cm³/mol. The molecule has 0 spiro atoms. The molecule has 8 nitrogen and oxygen atoms in total. The standard InChI is InChI=1S/C21H27N5O3.C2H6/c1-15-18(16-5-6-17(23-13-16)29-14-21(2,3)27-4)26-8-7-22-19(20(26)24-15)25-9-11-28-12-10-25;1-2/h5-8,13H,9-12,14H2,1-4H3;1-2H3. The summed E-state index contributed by atoms with van der Waals surface area (Å²) in [4.78, 5) is 16.1. The summed E-state index contributed by atoms with van der Waals surface area (Å²) in [5.74, 6) is 1.46. The maximum atomic E-state index is 5.76. The number of imidazole rings is 1. The van der Waals surface area contributed by atoms with Crippen molar-refractivity contribution >= 4 is 11.5 Å². The second-order valence-electron chi connectivity index (χ2n) is 7.73. The number of nitrogens with zero attached hydrogens (tertiary/aromatic N) is 5. The Hall–Kier alpha value is -2.71. The summed E-state index contributed by atoms with van der Waals surface area (Å²) in [5, 5.41) is 0. The fraction of sp³-hybridized carbons (Fsp3) is 0.522. The van der Waals surface area contributed by atoms with Gasteiger partial charge in [-0.2, -0.15) is 0 Å². The molecule has 0 atom stereocenters. The average molecular weight is 428 g/mol. The molecule has 0 aromatic carbocycles. The zero-order chi connectivity index (χ0) is 22.4. The Kier molecular flexibility index (Phi) is 7.46. The molecule has 0 aliphatic carbocycles. The van der Waals surface area contributed by atoms with Crippen molar-refractivity contribution < 1.29 is 14.2 Å². The normalized spacial score (nSPS) is 14.3. The highest BCUT2D eigenvalue weighted by atomic mass is 16.5. The van der Waals surface area contributed by atoms with E-state index in [-0.39, 0.29) is 5.60 Å². The molecule has 31 heavy (non-hydrogen) atoms. The Bertz CT molecular complexity index is 979. The SMILES string of the molecule is CC.COC(C)(C)COc1ccc(-c2c(C)nc3c(N4CCOCC4)nccn23)cn1. The van der Waals surface area contributed by atoms with Crippen LogP contribution in [0.15, 0.2) is 30.7 Å². The van der Waals surface area contributed by atoms with Crippen molar-refractivity contribution in [2.24, 2.45) is 0 Å². The van der Waals surface area contributed by atoms with Crippen LogP contribution in [0.25, 0.3) is 16.9 Å². The molecular weight excluding hydrogens is 394 g/mol. The number of anilines is 1. The highest BCUT2D eigenvalue weighted by Gasteiger charge is 2.21. The van der Waals surface area contributed by atoms with Crippen LogP contribution in [0.4, 0.5) is 5.82 Å². The van der Waals surface area contributed by atoms with Crippen LogP contribution in [0.3, 0.4) is 0 Å². The number of aryl methyl sites for hydroxylation is 1. The fourth-order valence-electron chi connectivity index (χ4n) is 3.34. The zero-order valence-corrected chi connectivity index (χ0v) is 19.4. The molecule has 3 aromatic rings. The van der Waals surface area contributed by atoms with E-state index >= 15 is 0 Å². The molecule has 0 saturated carbocycles. The van der Waals surface area contributed by atoms with Crippen LogP contribution in [0.1, 0.15) is 33.4 Å². The van der Waals surface area contributed by atoms with Gasteiger partial charge < -0.3 is 19.1 Å². The van der Waals surface area contributed by atoms with Gasteiger partial charge in [0.1, 0.15) is 6.61 Å². The van der Waals surface area contributed by atoms with Crippen molar-refractivity contribution in [2.75, 3.05) is 44.9 Å². The van der Waals surface area contributed by atoms with Crippen LogP contribution in [0, 0.1) is 6.92 Å². The molecule has 1 saturated heterocycles. The topological polar surface area (TPSA) is 74.0 Å². The molecule has 0 unspecified atom stereocenters. The number of morpholine rings is 1. The van der Waals surface area contributed by atoms with E-state index < -0.39 is 0 Å². The first-order valence-electron chi connectivity index (χ1n) is 10.8. The van der Waals surface area contributed by atoms with Gasteiger partial charge in [0.05, 0.1) is 30.2 Å². The Labute approximate surface area is 184 Å². The lowest BCUT2D eigenvalue weighted by atomic mass is 10.1. The van der Waals surface area contributed by atoms with E-state index in [0.29, 0.717) is 25.7 Å². The van der Waals surface area contributed by atoms with Gasteiger partial charge in [-0.15, -0.1) is 0 Å². The van der Waals surface area contributed by atoms with E-state index in [1.54, 1.807) is 7.11 Å². The average Bonchev–Trinajstić information content (AvgIpc) is 3.16. The zero-order valence-electron chi connectivity index (χ0n) is 19.4. The number of hydrogen-bond acceptors (Lipinski definition) is 7. The molecule has 0 radical (unpaired) electrons. The maximum Gasteiger partial charge on any atom is 0.213 e. The van der Waals surface area contributed by atoms with Crippen molar-refractivity contribution in [3.63, 3.8) is 0 Å². The number of methoxy groups -OCH3 is 1. The first-order valence-corrected chi connectivity index (χ1v) is 10.8. The smallest absolute Gasteiger partial charge is 0.213 e. The highest BCUT2D eigenvalue weighted by molar-refractivity contribution is 5.73. The first kappa shape index (κ1) is 23.0. The number of hydrogen-bond donors (Lipinski definition) is 0. The van der Waals surface area contributed by atoms with Crippen molar-refractivity contribution in [3.05, 3.63) is 36.4 Å². The van der Waals surface area contributed by atoms with Crippen LogP contribution < -0.4 is 9.64 Å². The molecule has 0 bridgehead atoms. The summed E-state index contributed by atoms with van der Waals surface area (Å²) < 4.78 is 18.7. The van der Waals surface area contributed by atoms with Crippen LogP contribution in [0.2, 0.25) is 0 Å². The van der Waals surface area contributed by atoms with Crippen molar-refractivity contribution in [1.29, 1.82) is 0 Å². The molecule has 1 fully saturated rings. The van der Waals surface area contributed by atoms with Gasteiger partial charge in [-0.25, -0.2) is 15.0 Å². The molecule has 1 aliphatic rings. The van der Waals surface area contributed by atoms with Gasteiger partial charge in [-0.3, -0.25) is 4.40 Å². The summed E-state index contributed by atoms with van der Waals surface area (Å²) in [6.45, 7) is 13.4. The van der Waals surface area contributed by atoms with Crippen molar-refractivity contribution in [2.45, 2.75) is 40.2 Å². The highest BCUT2D eigenvalue weighted by Crippen LogP contribution is 2.29. The number of fused-ring (bicyclic) bond motifs is 1. The van der Waals surface area contributed by atoms with E-state index in [1.807, 2.05) is 65.3 Å². The van der Waals surface area contributed by atoms with Crippen LogP contribution in [-0.2, 0) is 9.47 Å². The molecule has 3 aromatic heterocycles. The van der Waals surface area contributed by atoms with Crippen LogP contribution >= 0.6 is 0 Å². The monoisotopic (exact) mass is 427 g/mol. The molecule has 4 rings (SSSR count). The summed E-state index contributed by atoms with van der Waals surface area (Å²) in [6.07, 6.45) is 5.58. The van der Waals surface area contributed by atoms with Crippen molar-refractivity contribution in [3.8, 4) is 17.1 Å². The Morgan fingerprint density at radius 3 is 2.52 bits per heavy atom. The lowest BCUT2D eigenvalue weighted by molar-refractivity contribution is -0.0157. The lowest BCUT2D eigenvalue weighted by Gasteiger charge is -2.27. The molecule has 168 valence electrons. The van der Waals surface area contributed by atoms with Crippen LogP contribution in [-0.4, -0.2) is 65.0 Å². The minimum absolute atomic E-state index is 0.360. The van der Waals surface area contributed by atoms with Gasteiger partial charge in [-0.1, -0.05) is 13.8 Å².